The zero-order valence-corrected chi connectivity index (χ0v) is 13.5. The molecule has 0 aliphatic carbocycles. The van der Waals surface area contributed by atoms with Gasteiger partial charge in [0.1, 0.15) is 6.54 Å². The number of nitrogen functional groups attached to an aromatic ring is 1. The van der Waals surface area contributed by atoms with Gasteiger partial charge >= 0.3 is 5.97 Å². The van der Waals surface area contributed by atoms with Crippen LogP contribution in [0.3, 0.4) is 0 Å². The highest BCUT2D eigenvalue weighted by atomic mass is 32.2. The number of ether oxygens (including phenoxy) is 1. The minimum Gasteiger partial charge on any atom is -0.465 e. The van der Waals surface area contributed by atoms with Crippen LogP contribution in [0.25, 0.3) is 0 Å². The molecule has 0 saturated carbocycles. The van der Waals surface area contributed by atoms with Gasteiger partial charge in [0.2, 0.25) is 9.84 Å². The third-order valence-corrected chi connectivity index (χ3v) is 4.88. The predicted molar refractivity (Wildman–Crippen MR) is 87.9 cm³/mol. The van der Waals surface area contributed by atoms with Crippen molar-refractivity contribution in [3.63, 3.8) is 0 Å². The first-order chi connectivity index (χ1) is 10.9. The zero-order chi connectivity index (χ0) is 16.9. The molecule has 0 saturated heterocycles. The number of sulfone groups is 1. The van der Waals surface area contributed by atoms with E-state index in [4.69, 9.17) is 10.5 Å². The number of nitrogens with one attached hydrogen (secondary N) is 1. The lowest BCUT2D eigenvalue weighted by Gasteiger charge is -2.08. The molecule has 3 N–H and O–H groups in total. The van der Waals surface area contributed by atoms with Gasteiger partial charge in [-0.3, -0.25) is 4.79 Å². The summed E-state index contributed by atoms with van der Waals surface area (Å²) in [6.07, 6.45) is 0. The Morgan fingerprint density at radius 2 is 1.57 bits per heavy atom. The van der Waals surface area contributed by atoms with E-state index in [1.807, 2.05) is 0 Å². The van der Waals surface area contributed by atoms with Crippen LogP contribution >= 0.6 is 0 Å². The van der Waals surface area contributed by atoms with E-state index in [9.17, 15) is 13.2 Å². The molecule has 0 heterocycles. The summed E-state index contributed by atoms with van der Waals surface area (Å²) in [6, 6.07) is 12.2. The second-order valence-electron chi connectivity index (χ2n) is 4.76. The molecule has 0 aliphatic rings. The SMILES string of the molecule is CCOC(=O)CNc1ccc(S(=O)(=O)c2ccc(N)cc2)cc1. The van der Waals surface area contributed by atoms with Crippen molar-refractivity contribution in [3.8, 4) is 0 Å². The first-order valence-electron chi connectivity index (χ1n) is 7.03. The predicted octanol–water partition coefficient (Wildman–Crippen LogP) is 2.08. The fourth-order valence-electron chi connectivity index (χ4n) is 1.92. The van der Waals surface area contributed by atoms with E-state index in [0.29, 0.717) is 18.0 Å². The number of hydrogen-bond acceptors (Lipinski definition) is 6. The smallest absolute Gasteiger partial charge is 0.325 e. The normalized spacial score (nSPS) is 11.0. The molecular weight excluding hydrogens is 316 g/mol. The molecular formula is C16H18N2O4S. The Hall–Kier alpha value is -2.54. The first-order valence-corrected chi connectivity index (χ1v) is 8.52. The van der Waals surface area contributed by atoms with Crippen molar-refractivity contribution < 1.29 is 17.9 Å². The van der Waals surface area contributed by atoms with E-state index in [1.165, 1.54) is 24.3 Å². The highest BCUT2D eigenvalue weighted by Crippen LogP contribution is 2.23. The second kappa shape index (κ2) is 7.15. The Morgan fingerprint density at radius 1 is 1.04 bits per heavy atom. The molecule has 6 nitrogen and oxygen atoms in total. The lowest BCUT2D eigenvalue weighted by molar-refractivity contribution is -0.140. The van der Waals surface area contributed by atoms with Crippen molar-refractivity contribution in [1.29, 1.82) is 0 Å². The van der Waals surface area contributed by atoms with Crippen LogP contribution in [-0.2, 0) is 19.4 Å². The highest BCUT2D eigenvalue weighted by Gasteiger charge is 2.17. The molecule has 0 aromatic heterocycles. The van der Waals surface area contributed by atoms with E-state index < -0.39 is 9.84 Å². The molecule has 0 atom stereocenters. The maximum Gasteiger partial charge on any atom is 0.325 e. The number of nitrogens with two attached hydrogens (primary N) is 1. The molecule has 0 spiro atoms. The molecule has 0 fully saturated rings. The number of rotatable bonds is 6. The standard InChI is InChI=1S/C16H18N2O4S/c1-2-22-16(19)11-18-13-5-9-15(10-6-13)23(20,21)14-7-3-12(17)4-8-14/h3-10,18H,2,11,17H2,1H3. The molecule has 0 amide bonds. The summed E-state index contributed by atoms with van der Waals surface area (Å²) >= 11 is 0. The van der Waals surface area contributed by atoms with Gasteiger partial charge in [0, 0.05) is 11.4 Å². The quantitative estimate of drug-likeness (QED) is 0.620. The van der Waals surface area contributed by atoms with Crippen LogP contribution in [0.2, 0.25) is 0 Å². The molecule has 2 rings (SSSR count). The van der Waals surface area contributed by atoms with Gasteiger partial charge in [-0.25, -0.2) is 8.42 Å². The minimum absolute atomic E-state index is 0.0257. The Labute approximate surface area is 135 Å². The van der Waals surface area contributed by atoms with Gasteiger partial charge in [0.05, 0.1) is 16.4 Å². The minimum atomic E-state index is -3.59. The van der Waals surface area contributed by atoms with Crippen LogP contribution in [0.5, 0.6) is 0 Å². The van der Waals surface area contributed by atoms with E-state index >= 15 is 0 Å². The van der Waals surface area contributed by atoms with Gasteiger partial charge in [0.25, 0.3) is 0 Å². The van der Waals surface area contributed by atoms with E-state index in [-0.39, 0.29) is 22.3 Å². The van der Waals surface area contributed by atoms with Crippen molar-refractivity contribution in [2.45, 2.75) is 16.7 Å². The summed E-state index contributed by atoms with van der Waals surface area (Å²) in [5.41, 5.74) is 6.70. The van der Waals surface area contributed by atoms with Gasteiger partial charge in [0.15, 0.2) is 0 Å². The third kappa shape index (κ3) is 4.23. The number of carbonyl (C=O) groups is 1. The Kier molecular flexibility index (Phi) is 5.23. The largest absolute Gasteiger partial charge is 0.465 e. The van der Waals surface area contributed by atoms with Crippen LogP contribution in [0, 0.1) is 0 Å². The lowest BCUT2D eigenvalue weighted by Crippen LogP contribution is -2.16. The van der Waals surface area contributed by atoms with Crippen LogP contribution in [0.15, 0.2) is 58.3 Å². The zero-order valence-electron chi connectivity index (χ0n) is 12.7. The van der Waals surface area contributed by atoms with E-state index in [0.717, 1.165) is 0 Å². The van der Waals surface area contributed by atoms with Crippen molar-refractivity contribution in [2.24, 2.45) is 0 Å². The van der Waals surface area contributed by atoms with Crippen molar-refractivity contribution >= 4 is 27.2 Å². The van der Waals surface area contributed by atoms with Gasteiger partial charge < -0.3 is 15.8 Å². The molecule has 23 heavy (non-hydrogen) atoms. The van der Waals surface area contributed by atoms with Gasteiger partial charge in [-0.15, -0.1) is 0 Å². The van der Waals surface area contributed by atoms with E-state index in [2.05, 4.69) is 5.32 Å². The summed E-state index contributed by atoms with van der Waals surface area (Å²) in [7, 11) is -3.59. The summed E-state index contributed by atoms with van der Waals surface area (Å²) in [4.78, 5) is 11.6. The Balaban J connectivity index is 2.12. The first kappa shape index (κ1) is 16.8. The van der Waals surface area contributed by atoms with Crippen LogP contribution in [0.1, 0.15) is 6.92 Å². The lowest BCUT2D eigenvalue weighted by atomic mass is 10.3. The Morgan fingerprint density at radius 3 is 2.09 bits per heavy atom. The molecule has 0 bridgehead atoms. The van der Waals surface area contributed by atoms with Crippen molar-refractivity contribution in [3.05, 3.63) is 48.5 Å². The van der Waals surface area contributed by atoms with E-state index in [1.54, 1.807) is 31.2 Å². The van der Waals surface area contributed by atoms with Gasteiger partial charge in [-0.05, 0) is 55.5 Å². The number of anilines is 2. The third-order valence-electron chi connectivity index (χ3n) is 3.10. The maximum absolute atomic E-state index is 12.5. The number of esters is 1. The van der Waals surface area contributed by atoms with Gasteiger partial charge in [-0.1, -0.05) is 0 Å². The molecule has 0 aliphatic heterocycles. The average Bonchev–Trinajstić information content (AvgIpc) is 2.54. The number of carbonyl (C=O) groups excluding carboxylic acids is 1. The van der Waals surface area contributed by atoms with Crippen molar-refractivity contribution in [2.75, 3.05) is 24.2 Å². The Bertz CT molecular complexity index is 769. The number of hydrogen-bond donors (Lipinski definition) is 2. The summed E-state index contributed by atoms with van der Waals surface area (Å²) < 4.78 is 29.7. The summed E-state index contributed by atoms with van der Waals surface area (Å²) in [6.45, 7) is 2.08. The monoisotopic (exact) mass is 334 g/mol. The fourth-order valence-corrected chi connectivity index (χ4v) is 3.18. The highest BCUT2D eigenvalue weighted by molar-refractivity contribution is 7.91. The number of benzene rings is 2. The molecule has 2 aromatic rings. The topological polar surface area (TPSA) is 98.5 Å². The average molecular weight is 334 g/mol. The second-order valence-corrected chi connectivity index (χ2v) is 6.71. The fraction of sp³-hybridized carbons (Fsp3) is 0.188. The molecule has 0 radical (unpaired) electrons. The molecule has 122 valence electrons. The van der Waals surface area contributed by atoms with Crippen molar-refractivity contribution in [1.82, 2.24) is 0 Å². The maximum atomic E-state index is 12.5. The summed E-state index contributed by atoms with van der Waals surface area (Å²) in [5.74, 6) is -0.369. The summed E-state index contributed by atoms with van der Waals surface area (Å²) in [5, 5.41) is 2.87. The molecule has 0 unspecified atom stereocenters. The van der Waals surface area contributed by atoms with Crippen LogP contribution in [-0.4, -0.2) is 27.5 Å². The van der Waals surface area contributed by atoms with Crippen LogP contribution in [0.4, 0.5) is 11.4 Å². The molecule has 2 aromatic carbocycles. The van der Waals surface area contributed by atoms with Crippen LogP contribution < -0.4 is 11.1 Å². The van der Waals surface area contributed by atoms with Gasteiger partial charge in [-0.2, -0.15) is 0 Å². The molecule has 7 heteroatoms.